The molecule has 1 heterocycles. The minimum absolute atomic E-state index is 0.00819. The Morgan fingerprint density at radius 1 is 1.20 bits per heavy atom. The molecule has 2 nitrogen and oxygen atoms in total. The Labute approximate surface area is 103 Å². The van der Waals surface area contributed by atoms with Crippen LogP contribution >= 0.6 is 0 Å². The fourth-order valence-electron chi connectivity index (χ4n) is 1.11. The van der Waals surface area contributed by atoms with E-state index < -0.39 is 0 Å². The number of rotatable bonds is 1. The van der Waals surface area contributed by atoms with Gasteiger partial charge in [-0.15, -0.1) is 0 Å². The van der Waals surface area contributed by atoms with E-state index in [0.717, 1.165) is 11.6 Å². The molecular weight excluding hydrogens is 358 g/mol. The molecule has 0 saturated carbocycles. The summed E-state index contributed by atoms with van der Waals surface area (Å²) in [5.41, 5.74) is 1.19. The summed E-state index contributed by atoms with van der Waals surface area (Å²) in [6, 6.07) is 0. The summed E-state index contributed by atoms with van der Waals surface area (Å²) in [6.45, 7) is 13.0. The molecule has 1 aromatic rings. The van der Waals surface area contributed by atoms with Gasteiger partial charge in [-0.2, -0.15) is 0 Å². The van der Waals surface area contributed by atoms with Crippen LogP contribution in [-0.2, 0) is 24.8 Å². The van der Waals surface area contributed by atoms with Crippen molar-refractivity contribution in [2.45, 2.75) is 47.0 Å². The molecule has 0 aliphatic rings. The Morgan fingerprint density at radius 3 is 2.07 bits per heavy atom. The molecular formula is C12H19NOW. The van der Waals surface area contributed by atoms with Crippen LogP contribution in [0.5, 0.6) is 0 Å². The van der Waals surface area contributed by atoms with E-state index in [9.17, 15) is 0 Å². The molecule has 0 amide bonds. The van der Waals surface area contributed by atoms with Gasteiger partial charge in [-0.25, -0.2) is 0 Å². The van der Waals surface area contributed by atoms with Crippen molar-refractivity contribution in [2.24, 2.45) is 5.41 Å². The van der Waals surface area contributed by atoms with Gasteiger partial charge in [0.15, 0.2) is 0 Å². The zero-order valence-corrected chi connectivity index (χ0v) is 13.3. The zero-order chi connectivity index (χ0) is 11.9. The second-order valence-electron chi connectivity index (χ2n) is 5.87. The standard InChI is InChI=1S/C12H19NO.W/c1-11(2,3)7-9-8-14-10(13-9)12(4,5)6;/h8H,1-6H3;. The zero-order valence-electron chi connectivity index (χ0n) is 10.3. The predicted molar refractivity (Wildman–Crippen MR) is 58.8 cm³/mol. The Kier molecular flexibility index (Phi) is 3.40. The molecule has 0 atom stereocenters. The van der Waals surface area contributed by atoms with E-state index in [2.05, 4.69) is 46.5 Å². The van der Waals surface area contributed by atoms with Gasteiger partial charge >= 0.3 is 103 Å². The number of oxazole rings is 1. The maximum absolute atomic E-state index is 5.53. The third-order valence-corrected chi connectivity index (χ3v) is 5.01. The van der Waals surface area contributed by atoms with Gasteiger partial charge in [0.25, 0.3) is 0 Å². The molecule has 0 unspecified atom stereocenters. The summed E-state index contributed by atoms with van der Waals surface area (Å²) >= 11 is 1.46. The van der Waals surface area contributed by atoms with Crippen LogP contribution < -0.4 is 0 Å². The van der Waals surface area contributed by atoms with E-state index in [0.29, 0.717) is 0 Å². The first-order chi connectivity index (χ1) is 6.62. The van der Waals surface area contributed by atoms with Crippen molar-refractivity contribution in [1.82, 2.24) is 4.98 Å². The Balaban J connectivity index is 3.01. The summed E-state index contributed by atoms with van der Waals surface area (Å²) < 4.78 is 6.88. The molecule has 15 heavy (non-hydrogen) atoms. The average Bonchev–Trinajstić information content (AvgIpc) is 2.47. The van der Waals surface area contributed by atoms with Gasteiger partial charge in [-0.05, 0) is 0 Å². The van der Waals surface area contributed by atoms with Crippen molar-refractivity contribution in [2.75, 3.05) is 0 Å². The fourth-order valence-corrected chi connectivity index (χ4v) is 1.44. The van der Waals surface area contributed by atoms with E-state index in [1.807, 2.05) is 0 Å². The Bertz CT molecular complexity index is 366. The van der Waals surface area contributed by atoms with Gasteiger partial charge in [0.2, 0.25) is 0 Å². The topological polar surface area (TPSA) is 26.0 Å². The van der Waals surface area contributed by atoms with Crippen molar-refractivity contribution in [1.29, 1.82) is 0 Å². The van der Waals surface area contributed by atoms with Crippen molar-refractivity contribution < 1.29 is 23.8 Å². The van der Waals surface area contributed by atoms with Gasteiger partial charge in [-0.1, -0.05) is 0 Å². The quantitative estimate of drug-likeness (QED) is 0.752. The summed E-state index contributed by atoms with van der Waals surface area (Å²) in [7, 11) is 0. The van der Waals surface area contributed by atoms with Crippen molar-refractivity contribution in [3.8, 4) is 0 Å². The minimum atomic E-state index is -0.00819. The van der Waals surface area contributed by atoms with Crippen LogP contribution in [0.25, 0.3) is 0 Å². The van der Waals surface area contributed by atoms with Crippen LogP contribution in [0.4, 0.5) is 0 Å². The van der Waals surface area contributed by atoms with E-state index in [4.69, 9.17) is 4.42 Å². The number of aromatic nitrogens is 1. The summed E-state index contributed by atoms with van der Waals surface area (Å²) in [5, 5.41) is 0. The number of nitrogens with zero attached hydrogens (tertiary/aromatic N) is 1. The fraction of sp³-hybridized carbons (Fsp3) is 0.667. The molecule has 0 aromatic carbocycles. The second-order valence-corrected chi connectivity index (χ2v) is 7.33. The summed E-state index contributed by atoms with van der Waals surface area (Å²) in [5.74, 6) is 0.820. The van der Waals surface area contributed by atoms with Crippen LogP contribution in [0.1, 0.15) is 53.1 Å². The Hall–Kier alpha value is -0.232. The van der Waals surface area contributed by atoms with Gasteiger partial charge in [0.1, 0.15) is 0 Å². The molecule has 0 aliphatic carbocycles. The molecule has 84 valence electrons. The average molecular weight is 377 g/mol. The van der Waals surface area contributed by atoms with Crippen molar-refractivity contribution in [3.05, 3.63) is 17.8 Å². The third kappa shape index (κ3) is 3.11. The predicted octanol–water partition coefficient (Wildman–Crippen LogP) is 3.09. The normalized spacial score (nSPS) is 12.9. The van der Waals surface area contributed by atoms with Gasteiger partial charge < -0.3 is 0 Å². The van der Waals surface area contributed by atoms with E-state index in [1.165, 1.54) is 23.3 Å². The van der Waals surface area contributed by atoms with E-state index in [-0.39, 0.29) is 10.8 Å². The number of hydrogen-bond donors (Lipinski definition) is 0. The van der Waals surface area contributed by atoms with Crippen LogP contribution in [0, 0.1) is 5.41 Å². The molecule has 0 fully saturated rings. The van der Waals surface area contributed by atoms with E-state index >= 15 is 0 Å². The van der Waals surface area contributed by atoms with Crippen LogP contribution in [0.3, 0.4) is 0 Å². The molecule has 1 rings (SSSR count). The second kappa shape index (κ2) is 3.97. The van der Waals surface area contributed by atoms with E-state index in [1.54, 1.807) is 6.26 Å². The van der Waals surface area contributed by atoms with Crippen molar-refractivity contribution in [3.63, 3.8) is 0 Å². The molecule has 0 saturated heterocycles. The SMILES string of the molecule is CC(C)(C)[C](=[W])c1coc(C(C)(C)C)n1. The van der Waals surface area contributed by atoms with Crippen molar-refractivity contribution >= 4 is 3.90 Å². The molecule has 1 aromatic heterocycles. The summed E-state index contributed by atoms with van der Waals surface area (Å²) in [6.07, 6.45) is 1.79. The summed E-state index contributed by atoms with van der Waals surface area (Å²) in [4.78, 5) is 4.57. The molecule has 0 aliphatic heterocycles. The molecule has 0 spiro atoms. The first-order valence-electron chi connectivity index (χ1n) is 5.13. The molecule has 3 heteroatoms. The van der Waals surface area contributed by atoms with Gasteiger partial charge in [0.05, 0.1) is 0 Å². The Morgan fingerprint density at radius 2 is 1.73 bits per heavy atom. The van der Waals surface area contributed by atoms with Crippen LogP contribution in [0.2, 0.25) is 0 Å². The molecule has 0 bridgehead atoms. The van der Waals surface area contributed by atoms with Crippen LogP contribution in [0.15, 0.2) is 10.7 Å². The van der Waals surface area contributed by atoms with Crippen LogP contribution in [-0.4, -0.2) is 8.88 Å². The van der Waals surface area contributed by atoms with Gasteiger partial charge in [0, 0.05) is 0 Å². The third-order valence-electron chi connectivity index (χ3n) is 2.06. The molecule has 0 N–H and O–H groups in total. The monoisotopic (exact) mass is 377 g/mol. The van der Waals surface area contributed by atoms with Gasteiger partial charge in [-0.3, -0.25) is 0 Å². The first kappa shape index (κ1) is 12.8. The molecule has 0 radical (unpaired) electrons. The first-order valence-corrected chi connectivity index (χ1v) is 6.60. The number of hydrogen-bond acceptors (Lipinski definition) is 2. The maximum atomic E-state index is 5.53.